The third-order valence-electron chi connectivity index (χ3n) is 5.19. The summed E-state index contributed by atoms with van der Waals surface area (Å²) in [5, 5.41) is 17.4. The zero-order chi connectivity index (χ0) is 23.4. The molecule has 1 fully saturated rings. The van der Waals surface area contributed by atoms with Crippen LogP contribution < -0.4 is 16.4 Å². The van der Waals surface area contributed by atoms with Gasteiger partial charge in [0.1, 0.15) is 10.2 Å². The molecule has 0 aliphatic carbocycles. The Balaban J connectivity index is 1.34. The molecule has 3 aromatic rings. The lowest BCUT2D eigenvalue weighted by Gasteiger charge is -2.33. The van der Waals surface area contributed by atoms with E-state index in [9.17, 15) is 4.79 Å². The number of carboxylic acid groups (broad SMARTS) is 1. The number of pyridine rings is 2. The van der Waals surface area contributed by atoms with Gasteiger partial charge in [0, 0.05) is 44.5 Å². The molecular weight excluding hydrogens is 482 g/mol. The van der Waals surface area contributed by atoms with Crippen molar-refractivity contribution in [2.75, 3.05) is 42.5 Å². The van der Waals surface area contributed by atoms with E-state index in [1.807, 2.05) is 23.6 Å². The second kappa shape index (κ2) is 10.3. The average Bonchev–Trinajstić information content (AvgIpc) is 3.21. The van der Waals surface area contributed by atoms with Crippen LogP contribution in [0.25, 0.3) is 11.3 Å². The SMILES string of the molecule is Nc1cc(-c2ccsc2Cl)ncc1NC(=S)Nc1cc(CN2CCN(C(=O)O)CC2)ccn1. The molecule has 4 heterocycles. The van der Waals surface area contributed by atoms with E-state index in [2.05, 4.69) is 25.5 Å². The van der Waals surface area contributed by atoms with Crippen LogP contribution in [-0.2, 0) is 6.54 Å². The van der Waals surface area contributed by atoms with Crippen molar-refractivity contribution in [2.45, 2.75) is 6.54 Å². The summed E-state index contributed by atoms with van der Waals surface area (Å²) in [6, 6.07) is 7.50. The van der Waals surface area contributed by atoms with Gasteiger partial charge in [-0.1, -0.05) is 11.6 Å². The zero-order valence-corrected chi connectivity index (χ0v) is 19.9. The number of thiocarbonyl (C=S) groups is 1. The Bertz CT molecular complexity index is 1170. The standard InChI is InChI=1S/C21H22ClN7O2S2/c22-19-14(2-8-33-19)16-10-15(23)17(11-25-16)26-20(32)27-18-9-13(1-3-24-18)12-28-4-6-29(7-5-28)21(30)31/h1-3,8-11H,4-7,12H2,(H2,23,25)(H,30,31)(H2,24,26,27,32). The maximum Gasteiger partial charge on any atom is 0.407 e. The Kier molecular flexibility index (Phi) is 7.23. The van der Waals surface area contributed by atoms with Gasteiger partial charge in [-0.2, -0.15) is 0 Å². The highest BCUT2D eigenvalue weighted by atomic mass is 35.5. The van der Waals surface area contributed by atoms with Gasteiger partial charge in [0.15, 0.2) is 5.11 Å². The molecule has 3 aromatic heterocycles. The third kappa shape index (κ3) is 5.88. The number of halogens is 1. The second-order valence-corrected chi connectivity index (χ2v) is 9.37. The molecule has 33 heavy (non-hydrogen) atoms. The van der Waals surface area contributed by atoms with Crippen molar-refractivity contribution in [3.05, 3.63) is 51.9 Å². The Morgan fingerprint density at radius 1 is 1.21 bits per heavy atom. The number of nitrogens with zero attached hydrogens (tertiary/aromatic N) is 4. The minimum absolute atomic E-state index is 0.338. The lowest BCUT2D eigenvalue weighted by molar-refractivity contribution is 0.103. The van der Waals surface area contributed by atoms with E-state index in [4.69, 9.17) is 34.7 Å². The maximum atomic E-state index is 11.1. The molecule has 0 unspecified atom stereocenters. The predicted octanol–water partition coefficient (Wildman–Crippen LogP) is 4.05. The fourth-order valence-electron chi connectivity index (χ4n) is 3.47. The molecule has 9 nitrogen and oxygen atoms in total. The number of hydrogen-bond donors (Lipinski definition) is 4. The van der Waals surface area contributed by atoms with Crippen molar-refractivity contribution in [3.63, 3.8) is 0 Å². The molecule has 0 saturated carbocycles. The van der Waals surface area contributed by atoms with E-state index >= 15 is 0 Å². The highest BCUT2D eigenvalue weighted by Gasteiger charge is 2.20. The molecule has 1 aliphatic rings. The number of nitrogen functional groups attached to an aromatic ring is 1. The van der Waals surface area contributed by atoms with Crippen LogP contribution in [0.2, 0.25) is 4.34 Å². The van der Waals surface area contributed by atoms with Gasteiger partial charge in [0.2, 0.25) is 0 Å². The minimum atomic E-state index is -0.869. The zero-order valence-electron chi connectivity index (χ0n) is 17.5. The Morgan fingerprint density at radius 3 is 2.67 bits per heavy atom. The van der Waals surface area contributed by atoms with Gasteiger partial charge in [-0.05, 0) is 47.4 Å². The van der Waals surface area contributed by atoms with Gasteiger partial charge >= 0.3 is 6.09 Å². The molecule has 172 valence electrons. The van der Waals surface area contributed by atoms with Crippen LogP contribution in [0, 0.1) is 0 Å². The van der Waals surface area contributed by atoms with Crippen molar-refractivity contribution in [2.24, 2.45) is 0 Å². The maximum absolute atomic E-state index is 11.1. The van der Waals surface area contributed by atoms with Gasteiger partial charge in [-0.25, -0.2) is 9.78 Å². The van der Waals surface area contributed by atoms with Gasteiger partial charge in [-0.15, -0.1) is 11.3 Å². The smallest absolute Gasteiger partial charge is 0.407 e. The molecule has 0 aromatic carbocycles. The van der Waals surface area contributed by atoms with Gasteiger partial charge in [0.05, 0.1) is 23.3 Å². The number of rotatable bonds is 5. The first-order valence-corrected chi connectivity index (χ1v) is 11.8. The van der Waals surface area contributed by atoms with Crippen molar-refractivity contribution in [1.29, 1.82) is 0 Å². The van der Waals surface area contributed by atoms with Gasteiger partial charge in [0.25, 0.3) is 0 Å². The summed E-state index contributed by atoms with van der Waals surface area (Å²) in [6.45, 7) is 3.10. The lowest BCUT2D eigenvalue weighted by Crippen LogP contribution is -2.47. The van der Waals surface area contributed by atoms with Crippen LogP contribution >= 0.6 is 35.2 Å². The average molecular weight is 504 g/mol. The number of aromatic nitrogens is 2. The van der Waals surface area contributed by atoms with Crippen molar-refractivity contribution < 1.29 is 9.90 Å². The fourth-order valence-corrected chi connectivity index (χ4v) is 4.62. The first-order valence-electron chi connectivity index (χ1n) is 10.1. The summed E-state index contributed by atoms with van der Waals surface area (Å²) in [5.41, 5.74) is 9.85. The molecular formula is C21H22ClN7O2S2. The Labute approximate surface area is 205 Å². The second-order valence-electron chi connectivity index (χ2n) is 7.44. The summed E-state index contributed by atoms with van der Waals surface area (Å²) in [6.07, 6.45) is 2.46. The molecule has 1 amide bonds. The van der Waals surface area contributed by atoms with Crippen LogP contribution in [0.3, 0.4) is 0 Å². The van der Waals surface area contributed by atoms with E-state index in [0.29, 0.717) is 65.1 Å². The molecule has 0 bridgehead atoms. The van der Waals surface area contributed by atoms with Crippen molar-refractivity contribution >= 4 is 63.6 Å². The molecule has 12 heteroatoms. The van der Waals surface area contributed by atoms with Crippen molar-refractivity contribution in [1.82, 2.24) is 19.8 Å². The Hall–Kier alpha value is -2.99. The fraction of sp³-hybridized carbons (Fsp3) is 0.238. The number of carbonyl (C=O) groups is 1. The lowest BCUT2D eigenvalue weighted by atomic mass is 10.2. The number of thiophene rings is 1. The van der Waals surface area contributed by atoms with Crippen LogP contribution in [0.15, 0.2) is 42.0 Å². The summed E-state index contributed by atoms with van der Waals surface area (Å²) >= 11 is 13.0. The molecule has 0 spiro atoms. The first kappa shape index (κ1) is 23.2. The van der Waals surface area contributed by atoms with E-state index < -0.39 is 6.09 Å². The number of hydrogen-bond acceptors (Lipinski definition) is 7. The monoisotopic (exact) mass is 503 g/mol. The van der Waals surface area contributed by atoms with Crippen LogP contribution in [-0.4, -0.2) is 62.3 Å². The summed E-state index contributed by atoms with van der Waals surface area (Å²) in [5.74, 6) is 0.599. The van der Waals surface area contributed by atoms with E-state index in [1.165, 1.54) is 16.2 Å². The molecule has 1 saturated heterocycles. The summed E-state index contributed by atoms with van der Waals surface area (Å²) in [4.78, 5) is 23.5. The summed E-state index contributed by atoms with van der Waals surface area (Å²) < 4.78 is 0.662. The van der Waals surface area contributed by atoms with Gasteiger partial charge in [-0.3, -0.25) is 9.88 Å². The molecule has 4 rings (SSSR count). The first-order chi connectivity index (χ1) is 15.9. The normalized spacial score (nSPS) is 14.2. The topological polar surface area (TPSA) is 120 Å². The van der Waals surface area contributed by atoms with E-state index in [1.54, 1.807) is 18.5 Å². The number of anilines is 3. The minimum Gasteiger partial charge on any atom is -0.465 e. The largest absolute Gasteiger partial charge is 0.465 e. The number of piperazine rings is 1. The van der Waals surface area contributed by atoms with Gasteiger partial charge < -0.3 is 26.4 Å². The molecule has 5 N–H and O–H groups in total. The number of amides is 1. The highest BCUT2D eigenvalue weighted by Crippen LogP contribution is 2.33. The molecule has 1 aliphatic heterocycles. The van der Waals surface area contributed by atoms with Crippen LogP contribution in [0.4, 0.5) is 22.0 Å². The van der Waals surface area contributed by atoms with E-state index in [-0.39, 0.29) is 0 Å². The third-order valence-corrected chi connectivity index (χ3v) is 6.57. The Morgan fingerprint density at radius 2 is 2.00 bits per heavy atom. The predicted molar refractivity (Wildman–Crippen MR) is 136 cm³/mol. The van der Waals surface area contributed by atoms with Crippen LogP contribution in [0.5, 0.6) is 0 Å². The molecule has 0 radical (unpaired) electrons. The van der Waals surface area contributed by atoms with Crippen LogP contribution in [0.1, 0.15) is 5.56 Å². The summed E-state index contributed by atoms with van der Waals surface area (Å²) in [7, 11) is 0. The van der Waals surface area contributed by atoms with Crippen molar-refractivity contribution in [3.8, 4) is 11.3 Å². The quantitative estimate of drug-likeness (QED) is 0.382. The molecule has 0 atom stereocenters. The number of nitrogens with one attached hydrogen (secondary N) is 2. The number of nitrogens with two attached hydrogens (primary N) is 1. The van der Waals surface area contributed by atoms with E-state index in [0.717, 1.165) is 11.1 Å². The highest BCUT2D eigenvalue weighted by molar-refractivity contribution is 7.80.